The van der Waals surface area contributed by atoms with E-state index in [0.29, 0.717) is 39.6 Å². The second-order valence-corrected chi connectivity index (χ2v) is 18.9. The lowest BCUT2D eigenvalue weighted by atomic mass is 10.3. The van der Waals surface area contributed by atoms with E-state index in [-0.39, 0.29) is 0 Å². The van der Waals surface area contributed by atoms with Crippen LogP contribution in [0.15, 0.2) is 91.1 Å². The molecule has 1 aromatic carbocycles. The van der Waals surface area contributed by atoms with Gasteiger partial charge in [0.2, 0.25) is 0 Å². The van der Waals surface area contributed by atoms with E-state index in [9.17, 15) is 0 Å². The summed E-state index contributed by atoms with van der Waals surface area (Å²) in [5, 5.41) is 0. The summed E-state index contributed by atoms with van der Waals surface area (Å²) in [6, 6.07) is 16.5. The van der Waals surface area contributed by atoms with Gasteiger partial charge in [-0.1, -0.05) is 12.1 Å². The van der Waals surface area contributed by atoms with Crippen LogP contribution in [-0.4, -0.2) is 72.1 Å². The van der Waals surface area contributed by atoms with E-state index in [4.69, 9.17) is 18.9 Å². The molecule has 2 aromatic heterocycles. The van der Waals surface area contributed by atoms with Crippen LogP contribution in [-0.2, 0) is 32.2 Å². The molecule has 5 rings (SSSR count). The molecular weight excluding hydrogens is 729 g/mol. The van der Waals surface area contributed by atoms with Crippen LogP contribution in [0.25, 0.3) is 12.2 Å². The molecule has 12 heteroatoms. The zero-order valence-corrected chi connectivity index (χ0v) is 32.2. The Morgan fingerprint density at radius 1 is 0.587 bits per heavy atom. The molecule has 0 aliphatic carbocycles. The van der Waals surface area contributed by atoms with Crippen molar-refractivity contribution in [2.45, 2.75) is 8.42 Å². The minimum Gasteiger partial charge on any atom is -0.487 e. The molecule has 46 heavy (non-hydrogen) atoms. The fourth-order valence-corrected chi connectivity index (χ4v) is 11.3. The van der Waals surface area contributed by atoms with Crippen molar-refractivity contribution in [2.24, 2.45) is 0 Å². The largest absolute Gasteiger partial charge is 0.487 e. The fraction of sp³-hybridized carbons (Fsp3) is 0.294. The summed E-state index contributed by atoms with van der Waals surface area (Å²) in [5.74, 6) is 3.28. The molecule has 2 aliphatic heterocycles. The van der Waals surface area contributed by atoms with Crippen LogP contribution >= 0.6 is 69.7 Å². The topological polar surface area (TPSA) is 36.9 Å². The Morgan fingerprint density at radius 2 is 1.07 bits per heavy atom. The first kappa shape index (κ1) is 36.0. The maximum atomic E-state index is 5.96. The van der Waals surface area contributed by atoms with Crippen molar-refractivity contribution in [3.63, 3.8) is 0 Å². The number of hydrogen-bond donors (Lipinski definition) is 0. The van der Waals surface area contributed by atoms with Gasteiger partial charge in [0.25, 0.3) is 8.39 Å². The number of rotatable bonds is 18. The van der Waals surface area contributed by atoms with Gasteiger partial charge in [0.05, 0.1) is 34.8 Å². The predicted octanol–water partition coefficient (Wildman–Crippen LogP) is 9.16. The molecule has 0 saturated heterocycles. The molecule has 0 spiro atoms. The number of thioether (sulfide) groups is 4. The second-order valence-electron chi connectivity index (χ2n) is 9.39. The summed E-state index contributed by atoms with van der Waals surface area (Å²) < 4.78 is 28.9. The number of para-hydroxylation sites is 2. The minimum atomic E-state index is 0.476. The van der Waals surface area contributed by atoms with E-state index in [0.717, 1.165) is 23.0 Å². The highest BCUT2D eigenvalue weighted by Gasteiger charge is 2.15. The van der Waals surface area contributed by atoms with Crippen molar-refractivity contribution in [2.75, 3.05) is 63.7 Å². The highest BCUT2D eigenvalue weighted by atomic mass is 32.2. The molecule has 4 nitrogen and oxygen atoms in total. The lowest BCUT2D eigenvalue weighted by molar-refractivity contribution is 0.102. The van der Waals surface area contributed by atoms with Crippen LogP contribution < -0.4 is 9.47 Å². The third-order valence-electron chi connectivity index (χ3n) is 6.14. The molecule has 4 heterocycles. The monoisotopic (exact) mass is 764 g/mol. The summed E-state index contributed by atoms with van der Waals surface area (Å²) in [5.41, 5.74) is 0. The van der Waals surface area contributed by atoms with Gasteiger partial charge in [-0.25, -0.2) is 0 Å². The van der Waals surface area contributed by atoms with Gasteiger partial charge >= 0.3 is 0 Å². The maximum Gasteiger partial charge on any atom is 0.262 e. The third kappa shape index (κ3) is 12.3. The predicted molar refractivity (Wildman–Crippen MR) is 215 cm³/mol. The van der Waals surface area contributed by atoms with Crippen molar-refractivity contribution in [3.05, 3.63) is 92.4 Å². The van der Waals surface area contributed by atoms with Gasteiger partial charge in [0.15, 0.2) is 46.7 Å². The summed E-state index contributed by atoms with van der Waals surface area (Å²) in [4.78, 5) is 5.17. The van der Waals surface area contributed by atoms with E-state index in [1.165, 1.54) is 36.4 Å². The van der Waals surface area contributed by atoms with Crippen LogP contribution in [0.4, 0.5) is 0 Å². The molecule has 0 bridgehead atoms. The standard InChI is InChI=1S/C34H36O4S8/c1-39-31-11-7-25(43-31)23-27-9-13-33(45-27)41-21-19-35-15-17-37-29-5-3-4-6-30(29)38-18-16-36-20-22-42-34-14-10-28(46-34)24-26-8-12-32(40-2)44-26/h3-14,23-24H,15-22H2,1-2H3/q+2/b25-23+,26-24+. The van der Waals surface area contributed by atoms with E-state index >= 15 is 0 Å². The molecule has 0 fully saturated rings. The summed E-state index contributed by atoms with van der Waals surface area (Å²) in [6.45, 7) is 3.38. The zero-order chi connectivity index (χ0) is 31.8. The Hall–Kier alpha value is -1.32. The zero-order valence-electron chi connectivity index (χ0n) is 25.6. The smallest absolute Gasteiger partial charge is 0.262 e. The molecule has 3 aromatic rings. The number of benzene rings is 1. The summed E-state index contributed by atoms with van der Waals surface area (Å²) >= 11 is 14.6. The first-order chi connectivity index (χ1) is 22.7. The molecular formula is C34H36O4S8+2. The molecule has 0 unspecified atom stereocenters. The van der Waals surface area contributed by atoms with Crippen LogP contribution in [0.1, 0.15) is 9.75 Å². The van der Waals surface area contributed by atoms with Gasteiger partial charge in [0.1, 0.15) is 13.2 Å². The Labute approximate surface area is 305 Å². The highest BCUT2D eigenvalue weighted by molar-refractivity contribution is 8.26. The SMILES string of the molecule is C[S+]=C1C=C/C(=C\c2ccc(SCCOCCOc3ccccc3OCCOCCSc3ccc(/C=C4\C=CC(=[S+]C)S4)s3)s2)S1. The Bertz CT molecular complexity index is 1480. The van der Waals surface area contributed by atoms with Crippen LogP contribution in [0.3, 0.4) is 0 Å². The lowest BCUT2D eigenvalue weighted by Crippen LogP contribution is -2.11. The third-order valence-corrected chi connectivity index (χ3v) is 14.8. The number of ether oxygens (including phenoxy) is 4. The first-order valence-corrected chi connectivity index (χ1v) is 22.3. The van der Waals surface area contributed by atoms with Gasteiger partial charge in [-0.3, -0.25) is 0 Å². The highest BCUT2D eigenvalue weighted by Crippen LogP contribution is 2.34. The number of allylic oxidation sites excluding steroid dienone is 2. The van der Waals surface area contributed by atoms with Gasteiger partial charge < -0.3 is 18.9 Å². The molecule has 2 aliphatic rings. The van der Waals surface area contributed by atoms with Gasteiger partial charge in [0, 0.05) is 43.2 Å². The molecule has 0 N–H and O–H groups in total. The fourth-order valence-electron chi connectivity index (χ4n) is 4.02. The van der Waals surface area contributed by atoms with Crippen LogP contribution in [0, 0.1) is 0 Å². The molecule has 242 valence electrons. The van der Waals surface area contributed by atoms with Crippen LogP contribution in [0.5, 0.6) is 11.5 Å². The van der Waals surface area contributed by atoms with E-state index in [1.54, 1.807) is 22.7 Å². The average molecular weight is 765 g/mol. The Balaban J connectivity index is 0.896. The van der Waals surface area contributed by atoms with Crippen molar-refractivity contribution < 1.29 is 18.9 Å². The van der Waals surface area contributed by atoms with Gasteiger partial charge in [-0.2, -0.15) is 0 Å². The molecule has 0 radical (unpaired) electrons. The average Bonchev–Trinajstić information content (AvgIpc) is 3.90. The van der Waals surface area contributed by atoms with Gasteiger partial charge in [-0.05, 0) is 84.2 Å². The summed E-state index contributed by atoms with van der Waals surface area (Å²) in [7, 11) is 0. The number of hydrogen-bond acceptors (Lipinski definition) is 10. The van der Waals surface area contributed by atoms with Crippen LogP contribution in [0.2, 0.25) is 0 Å². The Kier molecular flexibility index (Phi) is 15.8. The van der Waals surface area contributed by atoms with E-state index in [1.807, 2.05) is 94.0 Å². The molecule has 0 amide bonds. The minimum absolute atomic E-state index is 0.476. The Morgan fingerprint density at radius 3 is 1.50 bits per heavy atom. The number of thiophene rings is 2. The van der Waals surface area contributed by atoms with Crippen molar-refractivity contribution in [1.29, 1.82) is 0 Å². The maximum absolute atomic E-state index is 5.96. The second kappa shape index (κ2) is 20.3. The van der Waals surface area contributed by atoms with E-state index in [2.05, 4.69) is 73.2 Å². The molecule has 0 atom stereocenters. The van der Waals surface area contributed by atoms with Crippen molar-refractivity contribution >= 4 is 113 Å². The summed E-state index contributed by atoms with van der Waals surface area (Å²) in [6.07, 6.45) is 17.5. The van der Waals surface area contributed by atoms with Gasteiger partial charge in [-0.15, -0.1) is 46.2 Å². The normalized spacial score (nSPS) is 17.8. The molecule has 0 saturated carbocycles. The quantitative estimate of drug-likeness (QED) is 0.0550. The van der Waals surface area contributed by atoms with E-state index < -0.39 is 0 Å². The lowest BCUT2D eigenvalue weighted by Gasteiger charge is -2.13. The van der Waals surface area contributed by atoms with Crippen molar-refractivity contribution in [3.8, 4) is 11.5 Å². The first-order valence-electron chi connectivity index (χ1n) is 14.6. The van der Waals surface area contributed by atoms with Crippen molar-refractivity contribution in [1.82, 2.24) is 0 Å².